The number of aryl methyl sites for hydroxylation is 1. The Morgan fingerprint density at radius 2 is 2.20 bits per heavy atom. The van der Waals surface area contributed by atoms with E-state index in [0.717, 1.165) is 32.6 Å². The molecule has 2 rings (SSSR count). The summed E-state index contributed by atoms with van der Waals surface area (Å²) in [6, 6.07) is 0. The van der Waals surface area contributed by atoms with Crippen molar-refractivity contribution in [1.82, 2.24) is 19.8 Å². The number of fused-ring (bicyclic) bond motifs is 1. The molecule has 1 aliphatic heterocycles. The normalized spacial score (nSPS) is 16.7. The Labute approximate surface area is 91.3 Å². The lowest BCUT2D eigenvalue weighted by Crippen LogP contribution is -2.31. The highest BCUT2D eigenvalue weighted by molar-refractivity contribution is 5.19. The third kappa shape index (κ3) is 2.06. The van der Waals surface area contributed by atoms with Crippen molar-refractivity contribution in [2.45, 2.75) is 26.4 Å². The van der Waals surface area contributed by atoms with Gasteiger partial charge in [0.25, 0.3) is 0 Å². The van der Waals surface area contributed by atoms with Crippen LogP contribution in [-0.2, 0) is 19.5 Å². The minimum atomic E-state index is 1.01. The van der Waals surface area contributed by atoms with Crippen molar-refractivity contribution in [2.75, 3.05) is 27.2 Å². The van der Waals surface area contributed by atoms with E-state index in [1.165, 1.54) is 17.2 Å². The van der Waals surface area contributed by atoms with Gasteiger partial charge in [0, 0.05) is 32.6 Å². The summed E-state index contributed by atoms with van der Waals surface area (Å²) in [4.78, 5) is 7.02. The molecule has 1 aliphatic rings. The molecule has 0 spiro atoms. The Morgan fingerprint density at radius 3 is 2.93 bits per heavy atom. The topological polar surface area (TPSA) is 33.1 Å². The van der Waals surface area contributed by atoms with Gasteiger partial charge in [-0.25, -0.2) is 4.98 Å². The van der Waals surface area contributed by atoms with Crippen molar-refractivity contribution in [3.05, 3.63) is 17.2 Å². The zero-order valence-electron chi connectivity index (χ0n) is 9.88. The number of hydrogen-bond acceptors (Lipinski definition) is 3. The number of nitrogens with zero attached hydrogens (tertiary/aromatic N) is 3. The van der Waals surface area contributed by atoms with E-state index in [9.17, 15) is 0 Å². The van der Waals surface area contributed by atoms with Gasteiger partial charge in [-0.2, -0.15) is 0 Å². The van der Waals surface area contributed by atoms with Crippen molar-refractivity contribution in [1.29, 1.82) is 0 Å². The Hall–Kier alpha value is -0.870. The molecule has 2 heterocycles. The second kappa shape index (κ2) is 4.33. The SMILES string of the molecule is CNCCc1nc(C)n2c1CN(C)CC2. The average Bonchev–Trinajstić information content (AvgIpc) is 2.52. The first kappa shape index (κ1) is 10.6. The van der Waals surface area contributed by atoms with Crippen LogP contribution in [0.25, 0.3) is 0 Å². The van der Waals surface area contributed by atoms with Crippen LogP contribution in [0.5, 0.6) is 0 Å². The van der Waals surface area contributed by atoms with Crippen LogP contribution in [0.4, 0.5) is 0 Å². The average molecular weight is 208 g/mol. The fraction of sp³-hybridized carbons (Fsp3) is 0.727. The fourth-order valence-electron chi connectivity index (χ4n) is 2.19. The van der Waals surface area contributed by atoms with Crippen LogP contribution < -0.4 is 5.32 Å². The van der Waals surface area contributed by atoms with Crippen molar-refractivity contribution >= 4 is 0 Å². The number of aromatic nitrogens is 2. The van der Waals surface area contributed by atoms with Gasteiger partial charge in [-0.3, -0.25) is 4.90 Å². The zero-order valence-corrected chi connectivity index (χ0v) is 9.88. The van der Waals surface area contributed by atoms with Crippen LogP contribution in [0.3, 0.4) is 0 Å². The smallest absolute Gasteiger partial charge is 0.106 e. The number of rotatable bonds is 3. The highest BCUT2D eigenvalue weighted by Crippen LogP contribution is 2.18. The summed E-state index contributed by atoms with van der Waals surface area (Å²) in [5, 5.41) is 3.18. The molecule has 0 aromatic carbocycles. The quantitative estimate of drug-likeness (QED) is 0.780. The summed E-state index contributed by atoms with van der Waals surface area (Å²) in [5.74, 6) is 1.17. The Kier molecular flexibility index (Phi) is 3.07. The van der Waals surface area contributed by atoms with Gasteiger partial charge in [0.05, 0.1) is 11.4 Å². The molecule has 0 amide bonds. The first-order valence-corrected chi connectivity index (χ1v) is 5.60. The van der Waals surface area contributed by atoms with Crippen molar-refractivity contribution in [3.8, 4) is 0 Å². The maximum absolute atomic E-state index is 4.66. The molecule has 1 aromatic heterocycles. The van der Waals surface area contributed by atoms with Crippen molar-refractivity contribution in [3.63, 3.8) is 0 Å². The molecule has 0 radical (unpaired) electrons. The predicted octanol–water partition coefficient (Wildman–Crippen LogP) is 0.399. The summed E-state index contributed by atoms with van der Waals surface area (Å²) in [6.45, 7) is 6.38. The maximum atomic E-state index is 4.66. The third-order valence-corrected chi connectivity index (χ3v) is 3.08. The number of hydrogen-bond donors (Lipinski definition) is 1. The molecule has 0 saturated carbocycles. The molecule has 0 aliphatic carbocycles. The first-order valence-electron chi connectivity index (χ1n) is 5.60. The summed E-state index contributed by atoms with van der Waals surface area (Å²) in [6.07, 6.45) is 1.04. The molecule has 0 saturated heterocycles. The molecule has 4 nitrogen and oxygen atoms in total. The molecule has 4 heteroatoms. The predicted molar refractivity (Wildman–Crippen MR) is 60.9 cm³/mol. The van der Waals surface area contributed by atoms with E-state index >= 15 is 0 Å². The summed E-state index contributed by atoms with van der Waals surface area (Å²) >= 11 is 0. The van der Waals surface area contributed by atoms with Crippen LogP contribution >= 0.6 is 0 Å². The Balaban J connectivity index is 2.24. The van der Waals surface area contributed by atoms with Crippen LogP contribution in [0.15, 0.2) is 0 Å². The first-order chi connectivity index (χ1) is 7.22. The third-order valence-electron chi connectivity index (χ3n) is 3.08. The second-order valence-corrected chi connectivity index (χ2v) is 4.30. The fourth-order valence-corrected chi connectivity index (χ4v) is 2.19. The lowest BCUT2D eigenvalue weighted by molar-refractivity contribution is 0.267. The standard InChI is InChI=1S/C11H20N4/c1-9-13-10(4-5-12-2)11-8-14(3)6-7-15(9)11/h12H,4-8H2,1-3H3. The molecule has 0 bridgehead atoms. The minimum absolute atomic E-state index is 1.01. The summed E-state index contributed by atoms with van der Waals surface area (Å²) < 4.78 is 2.37. The van der Waals surface area contributed by atoms with Gasteiger partial charge in [-0.1, -0.05) is 0 Å². The minimum Gasteiger partial charge on any atom is -0.330 e. The molecule has 0 unspecified atom stereocenters. The molecule has 0 atom stereocenters. The van der Waals surface area contributed by atoms with Crippen LogP contribution in [0, 0.1) is 6.92 Å². The largest absolute Gasteiger partial charge is 0.330 e. The van der Waals surface area contributed by atoms with Gasteiger partial charge < -0.3 is 9.88 Å². The molecule has 84 valence electrons. The highest BCUT2D eigenvalue weighted by Gasteiger charge is 2.19. The molecular weight excluding hydrogens is 188 g/mol. The van der Waals surface area contributed by atoms with Gasteiger partial charge in [-0.15, -0.1) is 0 Å². The lowest BCUT2D eigenvalue weighted by Gasteiger charge is -2.25. The van der Waals surface area contributed by atoms with E-state index in [2.05, 4.69) is 33.7 Å². The lowest BCUT2D eigenvalue weighted by atomic mass is 10.2. The Morgan fingerprint density at radius 1 is 1.40 bits per heavy atom. The highest BCUT2D eigenvalue weighted by atomic mass is 15.2. The van der Waals surface area contributed by atoms with E-state index in [1.54, 1.807) is 0 Å². The van der Waals surface area contributed by atoms with Crippen molar-refractivity contribution in [2.24, 2.45) is 0 Å². The van der Waals surface area contributed by atoms with E-state index < -0.39 is 0 Å². The molecule has 1 aromatic rings. The molecule has 1 N–H and O–H groups in total. The molecular formula is C11H20N4. The zero-order chi connectivity index (χ0) is 10.8. The number of likely N-dealkylation sites (N-methyl/N-ethyl adjacent to an activating group) is 2. The summed E-state index contributed by atoms with van der Waals surface area (Å²) in [7, 11) is 4.16. The second-order valence-electron chi connectivity index (χ2n) is 4.30. The van der Waals surface area contributed by atoms with E-state index in [4.69, 9.17) is 0 Å². The van der Waals surface area contributed by atoms with Gasteiger partial charge in [0.2, 0.25) is 0 Å². The number of nitrogens with one attached hydrogen (secondary N) is 1. The number of imidazole rings is 1. The van der Waals surface area contributed by atoms with Gasteiger partial charge in [-0.05, 0) is 21.0 Å². The van der Waals surface area contributed by atoms with Gasteiger partial charge in [0.1, 0.15) is 5.82 Å². The van der Waals surface area contributed by atoms with Gasteiger partial charge >= 0.3 is 0 Å². The van der Waals surface area contributed by atoms with Crippen LogP contribution in [-0.4, -0.2) is 41.6 Å². The van der Waals surface area contributed by atoms with E-state index in [-0.39, 0.29) is 0 Å². The Bertz CT molecular complexity index is 343. The van der Waals surface area contributed by atoms with E-state index in [0.29, 0.717) is 0 Å². The van der Waals surface area contributed by atoms with Crippen LogP contribution in [0.2, 0.25) is 0 Å². The van der Waals surface area contributed by atoms with Gasteiger partial charge in [0.15, 0.2) is 0 Å². The monoisotopic (exact) mass is 208 g/mol. The maximum Gasteiger partial charge on any atom is 0.106 e. The van der Waals surface area contributed by atoms with Crippen molar-refractivity contribution < 1.29 is 0 Å². The summed E-state index contributed by atoms with van der Waals surface area (Å²) in [5.41, 5.74) is 2.69. The molecule has 0 fully saturated rings. The van der Waals surface area contributed by atoms with Crippen LogP contribution in [0.1, 0.15) is 17.2 Å². The molecule has 15 heavy (non-hydrogen) atoms. The van der Waals surface area contributed by atoms with E-state index in [1.807, 2.05) is 7.05 Å².